The third-order valence-electron chi connectivity index (χ3n) is 1.29. The van der Waals surface area contributed by atoms with Crippen LogP contribution in [0, 0.1) is 0 Å². The molecule has 68 valence electrons. The third kappa shape index (κ3) is 2.02. The van der Waals surface area contributed by atoms with Crippen LogP contribution in [-0.4, -0.2) is 17.3 Å². The fraction of sp³-hybridized carbons (Fsp3) is 0.714. The minimum atomic E-state index is -0.584. The van der Waals surface area contributed by atoms with Gasteiger partial charge in [-0.05, 0) is 13.8 Å². The fourth-order valence-corrected chi connectivity index (χ4v) is 0.703. The zero-order chi connectivity index (χ0) is 9.19. The third-order valence-corrected chi connectivity index (χ3v) is 1.29. The number of aromatic nitrogens is 2. The summed E-state index contributed by atoms with van der Waals surface area (Å²) in [6, 6.07) is 0. The van der Waals surface area contributed by atoms with Gasteiger partial charge in [-0.2, -0.15) is 4.98 Å². The molecule has 0 saturated carbocycles. The minimum absolute atomic E-state index is 0.347. The zero-order valence-corrected chi connectivity index (χ0v) is 7.50. The van der Waals surface area contributed by atoms with E-state index in [2.05, 4.69) is 10.1 Å². The predicted octanol–water partition coefficient (Wildman–Crippen LogP) is 0.410. The Morgan fingerprint density at radius 3 is 2.67 bits per heavy atom. The van der Waals surface area contributed by atoms with Gasteiger partial charge in [0.1, 0.15) is 6.61 Å². The number of methoxy groups -OCH3 is 1. The highest BCUT2D eigenvalue weighted by atomic mass is 16.5. The Hall–Kier alpha value is -0.940. The lowest BCUT2D eigenvalue weighted by molar-refractivity contribution is 0.174. The van der Waals surface area contributed by atoms with Gasteiger partial charge in [0.15, 0.2) is 5.82 Å². The molecule has 12 heavy (non-hydrogen) atoms. The summed E-state index contributed by atoms with van der Waals surface area (Å²) < 4.78 is 9.74. The smallest absolute Gasteiger partial charge is 0.246 e. The fourth-order valence-electron chi connectivity index (χ4n) is 0.703. The first kappa shape index (κ1) is 9.15. The van der Waals surface area contributed by atoms with Gasteiger partial charge in [-0.15, -0.1) is 0 Å². The molecular formula is C7H13N3O2. The molecule has 0 amide bonds. The van der Waals surface area contributed by atoms with Gasteiger partial charge < -0.3 is 15.0 Å². The van der Waals surface area contributed by atoms with Crippen LogP contribution in [0.5, 0.6) is 0 Å². The van der Waals surface area contributed by atoms with E-state index in [9.17, 15) is 0 Å². The van der Waals surface area contributed by atoms with Crippen molar-refractivity contribution in [2.45, 2.75) is 26.0 Å². The van der Waals surface area contributed by atoms with E-state index in [1.807, 2.05) is 0 Å². The van der Waals surface area contributed by atoms with Gasteiger partial charge in [-0.1, -0.05) is 5.16 Å². The van der Waals surface area contributed by atoms with Gasteiger partial charge in [-0.25, -0.2) is 0 Å². The summed E-state index contributed by atoms with van der Waals surface area (Å²) >= 11 is 0. The molecule has 1 aromatic rings. The number of nitrogens with zero attached hydrogens (tertiary/aromatic N) is 2. The minimum Gasteiger partial charge on any atom is -0.377 e. The number of rotatable bonds is 3. The maximum Gasteiger partial charge on any atom is 0.246 e. The summed E-state index contributed by atoms with van der Waals surface area (Å²) in [7, 11) is 1.57. The summed E-state index contributed by atoms with van der Waals surface area (Å²) in [6.07, 6.45) is 0. The maximum absolute atomic E-state index is 5.73. The van der Waals surface area contributed by atoms with Crippen LogP contribution in [-0.2, 0) is 16.9 Å². The van der Waals surface area contributed by atoms with Crippen molar-refractivity contribution < 1.29 is 9.26 Å². The number of nitrogens with two attached hydrogens (primary N) is 1. The van der Waals surface area contributed by atoms with E-state index in [1.165, 1.54) is 0 Å². The molecule has 1 aromatic heterocycles. The largest absolute Gasteiger partial charge is 0.377 e. The average Bonchev–Trinajstić information content (AvgIpc) is 2.35. The summed E-state index contributed by atoms with van der Waals surface area (Å²) in [5.41, 5.74) is 5.14. The highest BCUT2D eigenvalue weighted by molar-refractivity contribution is 4.96. The Morgan fingerprint density at radius 1 is 1.58 bits per heavy atom. The maximum atomic E-state index is 5.73. The van der Waals surface area contributed by atoms with Crippen molar-refractivity contribution in [3.8, 4) is 0 Å². The first-order chi connectivity index (χ1) is 5.54. The first-order valence-corrected chi connectivity index (χ1v) is 3.65. The molecule has 0 saturated heterocycles. The normalized spacial score (nSPS) is 12.0. The number of ether oxygens (including phenoxy) is 1. The monoisotopic (exact) mass is 171 g/mol. The van der Waals surface area contributed by atoms with Gasteiger partial charge in [0.05, 0.1) is 5.54 Å². The van der Waals surface area contributed by atoms with Crippen molar-refractivity contribution in [1.82, 2.24) is 10.1 Å². The van der Waals surface area contributed by atoms with E-state index in [-0.39, 0.29) is 0 Å². The standard InChI is InChI=1S/C7H13N3O2/c1-7(2,8)6-9-5(4-11-3)10-12-6/h4,8H2,1-3H3. The molecule has 0 aliphatic carbocycles. The molecule has 0 aliphatic heterocycles. The second-order valence-corrected chi connectivity index (χ2v) is 3.17. The molecule has 0 spiro atoms. The van der Waals surface area contributed by atoms with Gasteiger partial charge in [0.2, 0.25) is 5.89 Å². The highest BCUT2D eigenvalue weighted by Crippen LogP contribution is 2.13. The Kier molecular flexibility index (Phi) is 2.44. The quantitative estimate of drug-likeness (QED) is 0.713. The van der Waals surface area contributed by atoms with Crippen LogP contribution >= 0.6 is 0 Å². The summed E-state index contributed by atoms with van der Waals surface area (Å²) in [5, 5.41) is 3.68. The predicted molar refractivity (Wildman–Crippen MR) is 42.2 cm³/mol. The molecular weight excluding hydrogens is 158 g/mol. The average molecular weight is 171 g/mol. The molecule has 0 aromatic carbocycles. The molecule has 0 unspecified atom stereocenters. The Labute approximate surface area is 70.9 Å². The van der Waals surface area contributed by atoms with E-state index < -0.39 is 5.54 Å². The molecule has 0 radical (unpaired) electrons. The van der Waals surface area contributed by atoms with Crippen LogP contribution < -0.4 is 5.73 Å². The second-order valence-electron chi connectivity index (χ2n) is 3.17. The number of hydrogen-bond acceptors (Lipinski definition) is 5. The van der Waals surface area contributed by atoms with Crippen LogP contribution in [0.3, 0.4) is 0 Å². The van der Waals surface area contributed by atoms with Gasteiger partial charge >= 0.3 is 0 Å². The van der Waals surface area contributed by atoms with Gasteiger partial charge in [-0.3, -0.25) is 0 Å². The molecule has 0 aliphatic rings. The molecule has 0 bridgehead atoms. The SMILES string of the molecule is COCc1noc(C(C)(C)N)n1. The van der Waals surface area contributed by atoms with Crippen molar-refractivity contribution >= 4 is 0 Å². The first-order valence-electron chi connectivity index (χ1n) is 3.65. The van der Waals surface area contributed by atoms with Crippen LogP contribution in [0.15, 0.2) is 4.52 Å². The lowest BCUT2D eigenvalue weighted by Crippen LogP contribution is -2.29. The topological polar surface area (TPSA) is 74.2 Å². The van der Waals surface area contributed by atoms with Crippen LogP contribution in [0.2, 0.25) is 0 Å². The van der Waals surface area contributed by atoms with Crippen molar-refractivity contribution in [2.24, 2.45) is 5.73 Å². The van der Waals surface area contributed by atoms with Crippen molar-refractivity contribution in [1.29, 1.82) is 0 Å². The molecule has 5 heteroatoms. The summed E-state index contributed by atoms with van der Waals surface area (Å²) in [6.45, 7) is 3.95. The van der Waals surface area contributed by atoms with E-state index in [1.54, 1.807) is 21.0 Å². The molecule has 1 heterocycles. The molecule has 5 nitrogen and oxygen atoms in total. The Bertz CT molecular complexity index is 251. The Balaban J connectivity index is 2.77. The molecule has 0 atom stereocenters. The van der Waals surface area contributed by atoms with Crippen molar-refractivity contribution in [2.75, 3.05) is 7.11 Å². The Morgan fingerprint density at radius 2 is 2.25 bits per heavy atom. The lowest BCUT2D eigenvalue weighted by atomic mass is 10.1. The highest BCUT2D eigenvalue weighted by Gasteiger charge is 2.21. The van der Waals surface area contributed by atoms with E-state index in [0.717, 1.165) is 0 Å². The van der Waals surface area contributed by atoms with E-state index in [4.69, 9.17) is 15.0 Å². The summed E-state index contributed by atoms with van der Waals surface area (Å²) in [4.78, 5) is 4.04. The van der Waals surface area contributed by atoms with E-state index >= 15 is 0 Å². The molecule has 1 rings (SSSR count). The summed E-state index contributed by atoms with van der Waals surface area (Å²) in [5.74, 6) is 0.945. The van der Waals surface area contributed by atoms with Gasteiger partial charge in [0.25, 0.3) is 0 Å². The molecule has 0 fully saturated rings. The van der Waals surface area contributed by atoms with E-state index in [0.29, 0.717) is 18.3 Å². The second kappa shape index (κ2) is 3.20. The van der Waals surface area contributed by atoms with Crippen molar-refractivity contribution in [3.05, 3.63) is 11.7 Å². The van der Waals surface area contributed by atoms with Crippen molar-refractivity contribution in [3.63, 3.8) is 0 Å². The van der Waals surface area contributed by atoms with Crippen LogP contribution in [0.1, 0.15) is 25.6 Å². The lowest BCUT2D eigenvalue weighted by Gasteiger charge is -2.10. The molecule has 2 N–H and O–H groups in total. The van der Waals surface area contributed by atoms with Crippen LogP contribution in [0.4, 0.5) is 0 Å². The van der Waals surface area contributed by atoms with Crippen LogP contribution in [0.25, 0.3) is 0 Å². The number of hydrogen-bond donors (Lipinski definition) is 1. The van der Waals surface area contributed by atoms with Gasteiger partial charge in [0, 0.05) is 7.11 Å². The zero-order valence-electron chi connectivity index (χ0n) is 7.50.